The highest BCUT2D eigenvalue weighted by Crippen LogP contribution is 2.24. The maximum atomic E-state index is 13.5. The van der Waals surface area contributed by atoms with Gasteiger partial charge in [-0.25, -0.2) is 4.39 Å². The van der Waals surface area contributed by atoms with E-state index in [0.29, 0.717) is 17.7 Å². The fourth-order valence-corrected chi connectivity index (χ4v) is 1.89. The molecule has 0 aliphatic rings. The van der Waals surface area contributed by atoms with Crippen LogP contribution in [-0.2, 0) is 0 Å². The number of likely N-dealkylation sites (N-methyl/N-ethyl adjacent to an activating group) is 1. The van der Waals surface area contributed by atoms with Crippen LogP contribution in [0.4, 0.5) is 4.39 Å². The van der Waals surface area contributed by atoms with Crippen molar-refractivity contribution in [3.8, 4) is 0 Å². The molecule has 78 valence electrons. The van der Waals surface area contributed by atoms with Gasteiger partial charge < -0.3 is 10.4 Å². The number of aliphatic hydroxyl groups is 1. The van der Waals surface area contributed by atoms with Gasteiger partial charge in [0.25, 0.3) is 0 Å². The molecule has 2 nitrogen and oxygen atoms in total. The topological polar surface area (TPSA) is 32.3 Å². The lowest BCUT2D eigenvalue weighted by atomic mass is 10.1. The Balaban J connectivity index is 3.07. The molecular formula is C10H13BrFNO. The molecule has 14 heavy (non-hydrogen) atoms. The smallest absolute Gasteiger partial charge is 0.132 e. The molecule has 1 aromatic rings. The lowest BCUT2D eigenvalue weighted by Gasteiger charge is -2.13. The lowest BCUT2D eigenvalue weighted by Crippen LogP contribution is -2.18. The summed E-state index contributed by atoms with van der Waals surface area (Å²) in [6.45, 7) is 2.02. The Morgan fingerprint density at radius 1 is 1.57 bits per heavy atom. The van der Waals surface area contributed by atoms with E-state index < -0.39 is 6.10 Å². The maximum absolute atomic E-state index is 13.5. The van der Waals surface area contributed by atoms with E-state index in [1.54, 1.807) is 26.1 Å². The Bertz CT molecular complexity index is 330. The Morgan fingerprint density at radius 3 is 2.79 bits per heavy atom. The molecule has 0 aliphatic heterocycles. The van der Waals surface area contributed by atoms with Crippen LogP contribution in [0, 0.1) is 12.7 Å². The highest BCUT2D eigenvalue weighted by atomic mass is 79.9. The van der Waals surface area contributed by atoms with Gasteiger partial charge >= 0.3 is 0 Å². The third kappa shape index (κ3) is 2.53. The zero-order valence-corrected chi connectivity index (χ0v) is 9.73. The summed E-state index contributed by atoms with van der Waals surface area (Å²) in [6.07, 6.45) is -0.809. The third-order valence-electron chi connectivity index (χ3n) is 2.00. The number of aryl methyl sites for hydroxylation is 1. The second-order valence-electron chi connectivity index (χ2n) is 3.20. The predicted octanol–water partition coefficient (Wildman–Crippen LogP) is 2.15. The van der Waals surface area contributed by atoms with Crippen molar-refractivity contribution in [3.63, 3.8) is 0 Å². The van der Waals surface area contributed by atoms with Gasteiger partial charge in [0.2, 0.25) is 0 Å². The second-order valence-corrected chi connectivity index (χ2v) is 4.12. The van der Waals surface area contributed by atoms with Gasteiger partial charge in [-0.1, -0.05) is 15.9 Å². The van der Waals surface area contributed by atoms with Gasteiger partial charge in [0, 0.05) is 16.6 Å². The van der Waals surface area contributed by atoms with Gasteiger partial charge in [0.05, 0.1) is 6.10 Å². The molecular weight excluding hydrogens is 249 g/mol. The van der Waals surface area contributed by atoms with E-state index in [1.807, 2.05) is 0 Å². The summed E-state index contributed by atoms with van der Waals surface area (Å²) in [4.78, 5) is 0. The van der Waals surface area contributed by atoms with Gasteiger partial charge in [-0.3, -0.25) is 0 Å². The molecule has 2 N–H and O–H groups in total. The van der Waals surface area contributed by atoms with Crippen molar-refractivity contribution in [3.05, 3.63) is 33.5 Å². The summed E-state index contributed by atoms with van der Waals surface area (Å²) >= 11 is 3.27. The van der Waals surface area contributed by atoms with Crippen molar-refractivity contribution < 1.29 is 9.50 Å². The first-order valence-electron chi connectivity index (χ1n) is 4.34. The molecule has 0 saturated heterocycles. The van der Waals surface area contributed by atoms with Crippen molar-refractivity contribution in [1.82, 2.24) is 5.32 Å². The van der Waals surface area contributed by atoms with Crippen LogP contribution < -0.4 is 5.32 Å². The normalized spacial score (nSPS) is 12.9. The molecule has 0 aliphatic carbocycles. The standard InChI is InChI=1S/C10H13BrFNO/c1-6-3-7(11)4-8(10(6)12)9(14)5-13-2/h3-4,9,13-14H,5H2,1-2H3. The predicted molar refractivity (Wildman–Crippen MR) is 57.7 cm³/mol. The van der Waals surface area contributed by atoms with Crippen LogP contribution in [-0.4, -0.2) is 18.7 Å². The van der Waals surface area contributed by atoms with Crippen LogP contribution in [0.25, 0.3) is 0 Å². The number of benzene rings is 1. The Kier molecular flexibility index (Phi) is 4.04. The van der Waals surface area contributed by atoms with Crippen LogP contribution in [0.1, 0.15) is 17.2 Å². The first-order valence-corrected chi connectivity index (χ1v) is 5.13. The number of rotatable bonds is 3. The third-order valence-corrected chi connectivity index (χ3v) is 2.46. The fourth-order valence-electron chi connectivity index (χ4n) is 1.30. The quantitative estimate of drug-likeness (QED) is 0.874. The molecule has 0 fully saturated rings. The van der Waals surface area contributed by atoms with Gasteiger partial charge in [0.15, 0.2) is 0 Å². The average molecular weight is 262 g/mol. The molecule has 0 aromatic heterocycles. The highest BCUT2D eigenvalue weighted by Gasteiger charge is 2.14. The minimum atomic E-state index is -0.809. The van der Waals surface area contributed by atoms with Gasteiger partial charge in [-0.05, 0) is 31.7 Å². The number of hydrogen-bond donors (Lipinski definition) is 2. The van der Waals surface area contributed by atoms with Crippen LogP contribution >= 0.6 is 15.9 Å². The minimum absolute atomic E-state index is 0.325. The molecule has 1 unspecified atom stereocenters. The summed E-state index contributed by atoms with van der Waals surface area (Å²) in [6, 6.07) is 3.29. The molecule has 0 radical (unpaired) electrons. The summed E-state index contributed by atoms with van der Waals surface area (Å²) in [7, 11) is 1.71. The van der Waals surface area contributed by atoms with Crippen molar-refractivity contribution >= 4 is 15.9 Å². The molecule has 0 amide bonds. The van der Waals surface area contributed by atoms with E-state index in [-0.39, 0.29) is 5.82 Å². The van der Waals surface area contributed by atoms with Crippen LogP contribution in [0.2, 0.25) is 0 Å². The molecule has 0 spiro atoms. The van der Waals surface area contributed by atoms with Gasteiger partial charge in [-0.2, -0.15) is 0 Å². The molecule has 0 heterocycles. The SMILES string of the molecule is CNCC(O)c1cc(Br)cc(C)c1F. The molecule has 0 bridgehead atoms. The average Bonchev–Trinajstić information content (AvgIpc) is 2.11. The van der Waals surface area contributed by atoms with E-state index in [1.165, 1.54) is 0 Å². The van der Waals surface area contributed by atoms with Crippen molar-refractivity contribution in [2.45, 2.75) is 13.0 Å². The van der Waals surface area contributed by atoms with Gasteiger partial charge in [0.1, 0.15) is 5.82 Å². The summed E-state index contributed by atoms with van der Waals surface area (Å²) in [5, 5.41) is 12.4. The molecule has 1 aromatic carbocycles. The molecule has 1 atom stereocenters. The summed E-state index contributed by atoms with van der Waals surface area (Å²) < 4.78 is 14.3. The Hall–Kier alpha value is -0.450. The van der Waals surface area contributed by atoms with E-state index >= 15 is 0 Å². The largest absolute Gasteiger partial charge is 0.387 e. The zero-order chi connectivity index (χ0) is 10.7. The number of hydrogen-bond acceptors (Lipinski definition) is 2. The molecule has 0 saturated carbocycles. The maximum Gasteiger partial charge on any atom is 0.132 e. The summed E-state index contributed by atoms with van der Waals surface area (Å²) in [5.74, 6) is -0.337. The summed E-state index contributed by atoms with van der Waals surface area (Å²) in [5.41, 5.74) is 0.857. The Morgan fingerprint density at radius 2 is 2.21 bits per heavy atom. The van der Waals surface area contributed by atoms with E-state index in [2.05, 4.69) is 21.2 Å². The second kappa shape index (κ2) is 4.87. The lowest BCUT2D eigenvalue weighted by molar-refractivity contribution is 0.173. The molecule has 4 heteroatoms. The van der Waals surface area contributed by atoms with Crippen molar-refractivity contribution in [2.75, 3.05) is 13.6 Å². The number of halogens is 2. The van der Waals surface area contributed by atoms with Crippen LogP contribution in [0.3, 0.4) is 0 Å². The number of nitrogens with one attached hydrogen (secondary N) is 1. The molecule has 1 rings (SSSR count). The van der Waals surface area contributed by atoms with Crippen LogP contribution in [0.15, 0.2) is 16.6 Å². The van der Waals surface area contributed by atoms with Crippen molar-refractivity contribution in [2.24, 2.45) is 0 Å². The first kappa shape index (κ1) is 11.6. The monoisotopic (exact) mass is 261 g/mol. The van der Waals surface area contributed by atoms with Gasteiger partial charge in [-0.15, -0.1) is 0 Å². The number of aliphatic hydroxyl groups excluding tert-OH is 1. The highest BCUT2D eigenvalue weighted by molar-refractivity contribution is 9.10. The van der Waals surface area contributed by atoms with E-state index in [0.717, 1.165) is 4.47 Å². The van der Waals surface area contributed by atoms with E-state index in [4.69, 9.17) is 0 Å². The fraction of sp³-hybridized carbons (Fsp3) is 0.400. The van der Waals surface area contributed by atoms with Crippen LogP contribution in [0.5, 0.6) is 0 Å². The van der Waals surface area contributed by atoms with E-state index in [9.17, 15) is 9.50 Å². The Labute approximate surface area is 91.3 Å². The zero-order valence-electron chi connectivity index (χ0n) is 8.14. The minimum Gasteiger partial charge on any atom is -0.387 e. The first-order chi connectivity index (χ1) is 6.56. The van der Waals surface area contributed by atoms with Crippen molar-refractivity contribution in [1.29, 1.82) is 0 Å².